The van der Waals surface area contributed by atoms with Crippen molar-refractivity contribution in [2.75, 3.05) is 20.2 Å². The molecule has 1 aromatic rings. The summed E-state index contributed by atoms with van der Waals surface area (Å²) in [6, 6.07) is 2.21. The van der Waals surface area contributed by atoms with Crippen molar-refractivity contribution in [1.29, 1.82) is 0 Å². The number of pyridine rings is 1. The van der Waals surface area contributed by atoms with E-state index in [1.807, 2.05) is 12.4 Å². The molecule has 4 nitrogen and oxygen atoms in total. The third-order valence-electron chi connectivity index (χ3n) is 9.24. The Morgan fingerprint density at radius 2 is 2.06 bits per heavy atom. The number of nitrogens with zero attached hydrogens (tertiary/aromatic N) is 2. The van der Waals surface area contributed by atoms with Gasteiger partial charge in [0.05, 0.1) is 12.8 Å². The van der Waals surface area contributed by atoms with Crippen molar-refractivity contribution in [2.24, 2.45) is 23.2 Å². The van der Waals surface area contributed by atoms with Crippen molar-refractivity contribution in [3.05, 3.63) is 30.1 Å². The van der Waals surface area contributed by atoms with E-state index in [0.717, 1.165) is 55.7 Å². The average molecular weight is 439 g/mol. The molecule has 1 aromatic heterocycles. The van der Waals surface area contributed by atoms with Gasteiger partial charge in [0.1, 0.15) is 12.0 Å². The maximum absolute atomic E-state index is 10.8. The highest BCUT2D eigenvalue weighted by Gasteiger charge is 2.56. The highest BCUT2D eigenvalue weighted by atomic mass is 16.5. The zero-order chi connectivity index (χ0) is 22.8. The molecule has 1 saturated heterocycles. The summed E-state index contributed by atoms with van der Waals surface area (Å²) in [6.45, 7) is 9.10. The molecule has 32 heavy (non-hydrogen) atoms. The fourth-order valence-electron chi connectivity index (χ4n) is 7.31. The summed E-state index contributed by atoms with van der Waals surface area (Å²) in [6.07, 6.45) is 17.6. The van der Waals surface area contributed by atoms with Crippen LogP contribution in [0.25, 0.3) is 5.57 Å². The van der Waals surface area contributed by atoms with E-state index in [0.29, 0.717) is 6.42 Å². The van der Waals surface area contributed by atoms with Crippen LogP contribution in [-0.2, 0) is 4.79 Å². The number of aldehydes is 1. The minimum atomic E-state index is 0.237. The summed E-state index contributed by atoms with van der Waals surface area (Å²) >= 11 is 0. The Bertz CT molecular complexity index is 836. The number of hydrogen-bond donors (Lipinski definition) is 0. The molecule has 4 rings (SSSR count). The second-order valence-corrected chi connectivity index (χ2v) is 10.9. The zero-order valence-corrected chi connectivity index (χ0v) is 20.6. The molecule has 1 saturated carbocycles. The molecular formula is C28H42N2O2. The van der Waals surface area contributed by atoms with E-state index in [9.17, 15) is 4.79 Å². The molecule has 2 aliphatic carbocycles. The van der Waals surface area contributed by atoms with E-state index < -0.39 is 0 Å². The summed E-state index contributed by atoms with van der Waals surface area (Å²) in [7, 11) is 2.33. The Morgan fingerprint density at radius 3 is 2.84 bits per heavy atom. The van der Waals surface area contributed by atoms with E-state index in [4.69, 9.17) is 4.74 Å². The van der Waals surface area contributed by atoms with Crippen LogP contribution in [0.5, 0.6) is 5.75 Å². The lowest BCUT2D eigenvalue weighted by molar-refractivity contribution is -0.108. The third-order valence-corrected chi connectivity index (χ3v) is 9.24. The lowest BCUT2D eigenvalue weighted by Gasteiger charge is -2.59. The van der Waals surface area contributed by atoms with Crippen LogP contribution in [0.3, 0.4) is 0 Å². The molecule has 0 radical (unpaired) electrons. The van der Waals surface area contributed by atoms with Gasteiger partial charge in [0.2, 0.25) is 0 Å². The van der Waals surface area contributed by atoms with Crippen LogP contribution in [0, 0.1) is 23.2 Å². The van der Waals surface area contributed by atoms with Gasteiger partial charge in [-0.1, -0.05) is 26.3 Å². The summed E-state index contributed by atoms with van der Waals surface area (Å²) in [5.41, 5.74) is 3.25. The van der Waals surface area contributed by atoms with Crippen LogP contribution < -0.4 is 4.74 Å². The van der Waals surface area contributed by atoms with Crippen molar-refractivity contribution in [1.82, 2.24) is 9.88 Å². The molecule has 5 atom stereocenters. The molecule has 176 valence electrons. The number of fused-ring (bicyclic) bond motifs is 3. The second kappa shape index (κ2) is 9.67. The number of carbonyl (C=O) groups excluding carboxylic acids is 1. The Labute approximate surface area is 194 Å². The predicted octanol–water partition coefficient (Wildman–Crippen LogP) is 6.16. The van der Waals surface area contributed by atoms with Gasteiger partial charge >= 0.3 is 0 Å². The molecule has 0 bridgehead atoms. The summed E-state index contributed by atoms with van der Waals surface area (Å²) in [4.78, 5) is 17.9. The van der Waals surface area contributed by atoms with Gasteiger partial charge in [-0.15, -0.1) is 0 Å². The monoisotopic (exact) mass is 438 g/mol. The van der Waals surface area contributed by atoms with Gasteiger partial charge in [-0.25, -0.2) is 0 Å². The van der Waals surface area contributed by atoms with Gasteiger partial charge in [0.15, 0.2) is 0 Å². The van der Waals surface area contributed by atoms with E-state index in [2.05, 4.69) is 49.8 Å². The lowest BCUT2D eigenvalue weighted by atomic mass is 9.52. The number of piperidine rings is 1. The smallest absolute Gasteiger partial charge is 0.138 e. The number of rotatable bonds is 9. The first kappa shape index (κ1) is 23.5. The standard InChI is InChI=1S/C28H42N2O2/c1-5-17-32-22-18-21(19-29-20-22)24-9-10-25-23-12-15-30(4)28(3,13-7-6-8-16-31)26(23)11-14-27(24,25)2/h9,16,18-20,23,25-26H,5-8,10-15,17H2,1-4H3. The van der Waals surface area contributed by atoms with Crippen LogP contribution in [0.4, 0.5) is 0 Å². The number of aromatic nitrogens is 1. The molecule has 0 aromatic carbocycles. The van der Waals surface area contributed by atoms with Crippen LogP contribution in [0.2, 0.25) is 0 Å². The molecule has 0 N–H and O–H groups in total. The van der Waals surface area contributed by atoms with Crippen molar-refractivity contribution >= 4 is 11.9 Å². The maximum atomic E-state index is 10.8. The summed E-state index contributed by atoms with van der Waals surface area (Å²) < 4.78 is 5.89. The first-order valence-electron chi connectivity index (χ1n) is 12.9. The maximum Gasteiger partial charge on any atom is 0.138 e. The van der Waals surface area contributed by atoms with E-state index in [1.165, 1.54) is 49.8 Å². The van der Waals surface area contributed by atoms with Crippen LogP contribution in [-0.4, -0.2) is 41.9 Å². The molecule has 0 amide bonds. The average Bonchev–Trinajstić information content (AvgIpc) is 3.15. The summed E-state index contributed by atoms with van der Waals surface area (Å²) in [5, 5.41) is 0. The van der Waals surface area contributed by atoms with Crippen molar-refractivity contribution in [3.63, 3.8) is 0 Å². The fourth-order valence-corrected chi connectivity index (χ4v) is 7.31. The van der Waals surface area contributed by atoms with Crippen molar-refractivity contribution in [3.8, 4) is 5.75 Å². The highest BCUT2D eigenvalue weighted by molar-refractivity contribution is 5.73. The quantitative estimate of drug-likeness (QED) is 0.342. The van der Waals surface area contributed by atoms with Gasteiger partial charge in [-0.2, -0.15) is 0 Å². The Kier molecular flexibility index (Phi) is 7.09. The molecule has 2 fully saturated rings. The van der Waals surface area contributed by atoms with Crippen molar-refractivity contribution < 1.29 is 9.53 Å². The Morgan fingerprint density at radius 1 is 1.22 bits per heavy atom. The van der Waals surface area contributed by atoms with Crippen LogP contribution >= 0.6 is 0 Å². The molecule has 0 spiro atoms. The summed E-state index contributed by atoms with van der Waals surface area (Å²) in [5.74, 6) is 3.15. The van der Waals surface area contributed by atoms with Gasteiger partial charge in [0, 0.05) is 18.2 Å². The number of unbranched alkanes of at least 4 members (excludes halogenated alkanes) is 2. The second-order valence-electron chi connectivity index (χ2n) is 10.9. The van der Waals surface area contributed by atoms with Gasteiger partial charge in [-0.05, 0) is 106 Å². The molecule has 2 heterocycles. The first-order chi connectivity index (χ1) is 15.4. The van der Waals surface area contributed by atoms with Gasteiger partial charge < -0.3 is 14.4 Å². The number of likely N-dealkylation sites (tertiary alicyclic amines) is 1. The number of ether oxygens (including phenoxy) is 1. The largest absolute Gasteiger partial charge is 0.492 e. The number of carbonyl (C=O) groups is 1. The van der Waals surface area contributed by atoms with Gasteiger partial charge in [0.25, 0.3) is 0 Å². The topological polar surface area (TPSA) is 42.4 Å². The lowest BCUT2D eigenvalue weighted by Crippen LogP contribution is -2.60. The van der Waals surface area contributed by atoms with Crippen LogP contribution in [0.15, 0.2) is 24.5 Å². The molecule has 4 heteroatoms. The SMILES string of the molecule is CCCOc1cncc(C2=CCC3C4CCN(C)C(C)(CCCCC=O)C4CCC23C)c1. The zero-order valence-electron chi connectivity index (χ0n) is 20.6. The highest BCUT2D eigenvalue weighted by Crippen LogP contribution is 2.63. The van der Waals surface area contributed by atoms with Crippen molar-refractivity contribution in [2.45, 2.75) is 84.1 Å². The Balaban J connectivity index is 1.53. The normalized spacial score (nSPS) is 34.5. The Hall–Kier alpha value is -1.68. The first-order valence-corrected chi connectivity index (χ1v) is 12.9. The number of allylic oxidation sites excluding steroid dienone is 2. The number of hydrogen-bond acceptors (Lipinski definition) is 4. The minimum absolute atomic E-state index is 0.237. The molecule has 1 aliphatic heterocycles. The minimum Gasteiger partial charge on any atom is -0.492 e. The molecule has 3 aliphatic rings. The fraction of sp³-hybridized carbons (Fsp3) is 0.714. The predicted molar refractivity (Wildman–Crippen MR) is 131 cm³/mol. The molecular weight excluding hydrogens is 396 g/mol. The van der Waals surface area contributed by atoms with E-state index >= 15 is 0 Å². The molecule has 5 unspecified atom stereocenters. The van der Waals surface area contributed by atoms with Crippen LogP contribution in [0.1, 0.15) is 84.1 Å². The van der Waals surface area contributed by atoms with E-state index in [1.54, 1.807) is 0 Å². The van der Waals surface area contributed by atoms with E-state index in [-0.39, 0.29) is 11.0 Å². The third kappa shape index (κ3) is 4.16. The van der Waals surface area contributed by atoms with Gasteiger partial charge in [-0.3, -0.25) is 4.98 Å².